The number of nitrogen functional groups attached to an aromatic ring is 1. The third-order valence-corrected chi connectivity index (χ3v) is 7.37. The molecule has 0 aromatic carbocycles. The van der Waals surface area contributed by atoms with Crippen LogP contribution >= 0.6 is 23.1 Å². The zero-order valence-corrected chi connectivity index (χ0v) is 22.9. The molecule has 206 valence electrons. The number of hydrogen-bond acceptors (Lipinski definition) is 12. The van der Waals surface area contributed by atoms with Crippen molar-refractivity contribution in [3.8, 4) is 0 Å². The number of carbonyl (C=O) groups excluding carboxylic acids is 5. The molecule has 0 spiro atoms. The zero-order valence-electron chi connectivity index (χ0n) is 21.3. The van der Waals surface area contributed by atoms with Gasteiger partial charge in [0, 0.05) is 16.7 Å². The van der Waals surface area contributed by atoms with E-state index in [1.54, 1.807) is 32.2 Å². The third-order valence-electron chi connectivity index (χ3n) is 5.36. The summed E-state index contributed by atoms with van der Waals surface area (Å²) in [5.41, 5.74) is 10.7. The van der Waals surface area contributed by atoms with Crippen LogP contribution in [0.5, 0.6) is 0 Å². The van der Waals surface area contributed by atoms with Gasteiger partial charge in [-0.15, -0.1) is 23.1 Å². The number of carbonyl (C=O) groups is 5. The van der Waals surface area contributed by atoms with Crippen molar-refractivity contribution < 1.29 is 38.2 Å². The predicted molar refractivity (Wildman–Crippen MR) is 139 cm³/mol. The molecule has 1 fully saturated rings. The summed E-state index contributed by atoms with van der Waals surface area (Å²) in [6.45, 7) is 5.74. The molecule has 0 bridgehead atoms. The van der Waals surface area contributed by atoms with Crippen molar-refractivity contribution in [3.05, 3.63) is 28.4 Å². The number of esters is 2. The highest BCUT2D eigenvalue weighted by Gasteiger charge is 2.54. The molecule has 0 aliphatic carbocycles. The first kappa shape index (κ1) is 29.0. The smallest absolute Gasteiger partial charge is 0.404 e. The van der Waals surface area contributed by atoms with E-state index in [9.17, 15) is 24.0 Å². The normalized spacial score (nSPS) is 19.3. The van der Waals surface area contributed by atoms with Crippen LogP contribution in [-0.2, 0) is 33.4 Å². The van der Waals surface area contributed by atoms with Crippen LogP contribution in [0.4, 0.5) is 9.93 Å². The number of amides is 3. The Bertz CT molecular complexity index is 1200. The van der Waals surface area contributed by atoms with Gasteiger partial charge in [-0.1, -0.05) is 13.0 Å². The number of thiazole rings is 1. The number of anilines is 1. The molecular weight excluding hydrogens is 538 g/mol. The van der Waals surface area contributed by atoms with E-state index < -0.39 is 53.5 Å². The van der Waals surface area contributed by atoms with Crippen molar-refractivity contribution in [2.75, 3.05) is 24.9 Å². The van der Waals surface area contributed by atoms with Gasteiger partial charge in [0.1, 0.15) is 23.7 Å². The lowest BCUT2D eigenvalue weighted by molar-refractivity contribution is -0.173. The van der Waals surface area contributed by atoms with Gasteiger partial charge in [0.25, 0.3) is 11.8 Å². The van der Waals surface area contributed by atoms with E-state index in [0.717, 1.165) is 4.90 Å². The fourth-order valence-corrected chi connectivity index (χ4v) is 5.40. The number of hydrogen-bond donors (Lipinski definition) is 3. The third kappa shape index (κ3) is 6.45. The molecule has 0 saturated carbocycles. The van der Waals surface area contributed by atoms with Gasteiger partial charge in [0.2, 0.25) is 6.79 Å². The maximum absolute atomic E-state index is 13.1. The summed E-state index contributed by atoms with van der Waals surface area (Å²) < 4.78 is 14.9. The summed E-state index contributed by atoms with van der Waals surface area (Å²) >= 11 is 2.45. The molecule has 3 amide bonds. The van der Waals surface area contributed by atoms with Crippen LogP contribution in [0.2, 0.25) is 0 Å². The van der Waals surface area contributed by atoms with E-state index in [1.807, 2.05) is 6.92 Å². The van der Waals surface area contributed by atoms with Crippen molar-refractivity contribution in [2.45, 2.75) is 45.5 Å². The van der Waals surface area contributed by atoms with E-state index in [4.69, 9.17) is 25.7 Å². The maximum Gasteiger partial charge on any atom is 0.404 e. The Morgan fingerprint density at radius 3 is 2.53 bits per heavy atom. The molecule has 0 radical (unpaired) electrons. The summed E-state index contributed by atoms with van der Waals surface area (Å²) in [6, 6.07) is -0.941. The quantitative estimate of drug-likeness (QED) is 0.169. The molecule has 13 nitrogen and oxygen atoms in total. The Hall–Kier alpha value is -3.59. The van der Waals surface area contributed by atoms with E-state index >= 15 is 0 Å². The first-order valence-electron chi connectivity index (χ1n) is 11.5. The van der Waals surface area contributed by atoms with Crippen molar-refractivity contribution >= 4 is 63.6 Å². The summed E-state index contributed by atoms with van der Waals surface area (Å²) in [7, 11) is 0. The molecule has 1 aromatic heterocycles. The lowest BCUT2D eigenvalue weighted by Gasteiger charge is -2.49. The number of nitrogens with one attached hydrogen (secondary N) is 1. The molecule has 38 heavy (non-hydrogen) atoms. The number of primary amides is 1. The summed E-state index contributed by atoms with van der Waals surface area (Å²) in [6.07, 6.45) is 1.17. The molecule has 1 aromatic rings. The molecule has 3 rings (SSSR count). The topological polar surface area (TPSA) is 193 Å². The summed E-state index contributed by atoms with van der Waals surface area (Å²) in [5.74, 6) is -2.45. The first-order chi connectivity index (χ1) is 17.8. The van der Waals surface area contributed by atoms with E-state index in [0.29, 0.717) is 17.2 Å². The minimum Gasteiger partial charge on any atom is -0.445 e. The molecule has 5 N–H and O–H groups in total. The molecular formula is C23H29N5O8S2. The number of rotatable bonds is 9. The molecule has 2 aliphatic heterocycles. The summed E-state index contributed by atoms with van der Waals surface area (Å²) in [5, 5.41) is 4.03. The Labute approximate surface area is 226 Å². The van der Waals surface area contributed by atoms with Gasteiger partial charge >= 0.3 is 18.0 Å². The van der Waals surface area contributed by atoms with Crippen LogP contribution in [-0.4, -0.2) is 70.3 Å². The Morgan fingerprint density at radius 2 is 1.95 bits per heavy atom. The van der Waals surface area contributed by atoms with Crippen LogP contribution in [0.1, 0.15) is 39.8 Å². The maximum atomic E-state index is 13.1. The number of fused-ring (bicyclic) bond motifs is 1. The molecule has 3 heterocycles. The van der Waals surface area contributed by atoms with Gasteiger partial charge in [-0.3, -0.25) is 19.3 Å². The van der Waals surface area contributed by atoms with Crippen molar-refractivity contribution in [2.24, 2.45) is 11.1 Å². The minimum absolute atomic E-state index is 0.158. The first-order valence-corrected chi connectivity index (χ1v) is 13.4. The highest BCUT2D eigenvalue weighted by Crippen LogP contribution is 2.41. The highest BCUT2D eigenvalue weighted by molar-refractivity contribution is 8.00. The van der Waals surface area contributed by atoms with Gasteiger partial charge in [-0.25, -0.2) is 14.6 Å². The Kier molecular flexibility index (Phi) is 9.04. The molecule has 2 aliphatic rings. The number of aromatic nitrogens is 1. The van der Waals surface area contributed by atoms with E-state index in [-0.39, 0.29) is 29.2 Å². The van der Waals surface area contributed by atoms with Crippen LogP contribution in [0.15, 0.2) is 22.7 Å². The lowest BCUT2D eigenvalue weighted by atomic mass is 9.98. The zero-order chi connectivity index (χ0) is 28.2. The lowest BCUT2D eigenvalue weighted by Crippen LogP contribution is -2.70. The number of ether oxygens (including phenoxy) is 3. The molecule has 2 unspecified atom stereocenters. The van der Waals surface area contributed by atoms with Gasteiger partial charge in [0.15, 0.2) is 5.13 Å². The Morgan fingerprint density at radius 1 is 1.24 bits per heavy atom. The Balaban J connectivity index is 1.77. The minimum atomic E-state index is -1.06. The summed E-state index contributed by atoms with van der Waals surface area (Å²) in [4.78, 5) is 67.6. The number of allylic oxidation sites excluding steroid dienone is 1. The number of nitrogens with two attached hydrogens (primary N) is 2. The second-order valence-corrected chi connectivity index (χ2v) is 11.2. The van der Waals surface area contributed by atoms with Gasteiger partial charge < -0.3 is 31.0 Å². The number of thioether (sulfide) groups is 1. The standard InChI is InChI=1S/C23H29N5O8S2/c1-5-6-12(13-9-38-21(24)26-13)16(29)27-14-17(30)28-15(11(7-34-22(25)33)8-37-18(14)28)19(31)35-10-36-20(32)23(2,3)4/h6,9,14,18H,5,7-8,10H2,1-4H3,(H2,24,26)(H2,25,33)(H,27,29)/b12-6+. The van der Waals surface area contributed by atoms with Crippen LogP contribution in [0.3, 0.4) is 0 Å². The average Bonchev–Trinajstić information content (AvgIpc) is 3.28. The van der Waals surface area contributed by atoms with Crippen molar-refractivity contribution in [1.29, 1.82) is 0 Å². The average molecular weight is 568 g/mol. The van der Waals surface area contributed by atoms with E-state index in [1.165, 1.54) is 23.1 Å². The van der Waals surface area contributed by atoms with Crippen LogP contribution in [0, 0.1) is 5.41 Å². The van der Waals surface area contributed by atoms with E-state index in [2.05, 4.69) is 10.3 Å². The largest absolute Gasteiger partial charge is 0.445 e. The second kappa shape index (κ2) is 11.9. The molecule has 1 saturated heterocycles. The van der Waals surface area contributed by atoms with Gasteiger partial charge in [0.05, 0.1) is 16.7 Å². The highest BCUT2D eigenvalue weighted by atomic mass is 32.2. The molecule has 15 heteroatoms. The predicted octanol–water partition coefficient (Wildman–Crippen LogP) is 1.36. The van der Waals surface area contributed by atoms with Crippen LogP contribution in [0.25, 0.3) is 5.57 Å². The number of nitrogens with zero attached hydrogens (tertiary/aromatic N) is 2. The SMILES string of the molecule is CC/C=C(/C(=O)NC1C(=O)N2C(C(=O)OCOC(=O)C(C)(C)C)=C(COC(N)=O)CSC12)c1csc(N)n1. The van der Waals surface area contributed by atoms with Gasteiger partial charge in [-0.05, 0) is 27.2 Å². The van der Waals surface area contributed by atoms with Crippen LogP contribution < -0.4 is 16.8 Å². The number of β-lactam (4-membered cyclic amide) rings is 1. The van der Waals surface area contributed by atoms with Crippen molar-refractivity contribution in [3.63, 3.8) is 0 Å². The van der Waals surface area contributed by atoms with Crippen molar-refractivity contribution in [1.82, 2.24) is 15.2 Å². The fraction of sp³-hybridized carbons (Fsp3) is 0.478. The monoisotopic (exact) mass is 567 g/mol. The molecule has 2 atom stereocenters. The van der Waals surface area contributed by atoms with Gasteiger partial charge in [-0.2, -0.15) is 0 Å². The fourth-order valence-electron chi connectivity index (χ4n) is 3.51. The second-order valence-electron chi connectivity index (χ2n) is 9.25.